The molecule has 1 heterocycles. The van der Waals surface area contributed by atoms with Gasteiger partial charge in [0.2, 0.25) is 0 Å². The third-order valence-electron chi connectivity index (χ3n) is 2.44. The second-order valence-corrected chi connectivity index (χ2v) is 5.48. The average Bonchev–Trinajstić information content (AvgIpc) is 2.74. The molecular weight excluding hydrogens is 275 g/mol. The van der Waals surface area contributed by atoms with Crippen LogP contribution in [0.2, 0.25) is 0 Å². The van der Waals surface area contributed by atoms with Gasteiger partial charge in [-0.05, 0) is 39.0 Å². The largest absolute Gasteiger partial charge is 0.444 e. The Morgan fingerprint density at radius 1 is 1.38 bits per heavy atom. The molecule has 1 amide bonds. The maximum Gasteiger partial charge on any atom is 0.413 e. The molecule has 21 heavy (non-hydrogen) atoms. The van der Waals surface area contributed by atoms with Gasteiger partial charge in [-0.1, -0.05) is 0 Å². The highest BCUT2D eigenvalue weighted by molar-refractivity contribution is 5.83. The lowest BCUT2D eigenvalue weighted by Crippen LogP contribution is -2.27. The number of aromatic nitrogens is 2. The number of amides is 1. The molecule has 0 spiro atoms. The lowest BCUT2D eigenvalue weighted by molar-refractivity contribution is 0.0635. The van der Waals surface area contributed by atoms with Crippen LogP contribution in [0.5, 0.6) is 0 Å². The van der Waals surface area contributed by atoms with Crippen molar-refractivity contribution in [1.82, 2.24) is 9.78 Å². The first-order chi connectivity index (χ1) is 9.74. The molecule has 0 radical (unpaired) electrons. The molecule has 0 aliphatic rings. The van der Waals surface area contributed by atoms with Gasteiger partial charge in [0.1, 0.15) is 11.3 Å². The van der Waals surface area contributed by atoms with Crippen LogP contribution in [0.4, 0.5) is 20.7 Å². The van der Waals surface area contributed by atoms with E-state index in [4.69, 9.17) is 10.5 Å². The highest BCUT2D eigenvalue weighted by atomic mass is 19.1. The normalized spacial score (nSPS) is 11.2. The molecule has 0 saturated carbocycles. The number of nitrogens with one attached hydrogen (secondary N) is 1. The Hall–Kier alpha value is -2.57. The Morgan fingerprint density at radius 3 is 2.71 bits per heavy atom. The molecule has 0 aliphatic heterocycles. The van der Waals surface area contributed by atoms with E-state index >= 15 is 0 Å². The van der Waals surface area contributed by atoms with Crippen LogP contribution in [0.3, 0.4) is 0 Å². The Balaban J connectivity index is 2.13. The molecule has 0 atom stereocenters. The summed E-state index contributed by atoms with van der Waals surface area (Å²) < 4.78 is 20.2. The lowest BCUT2D eigenvalue weighted by Gasteiger charge is -2.19. The van der Waals surface area contributed by atoms with Gasteiger partial charge in [-0.25, -0.2) is 13.9 Å². The van der Waals surface area contributed by atoms with E-state index in [1.807, 2.05) is 0 Å². The smallest absolute Gasteiger partial charge is 0.413 e. The average molecular weight is 292 g/mol. The van der Waals surface area contributed by atoms with Gasteiger partial charge in [-0.3, -0.25) is 5.32 Å². The zero-order chi connectivity index (χ0) is 15.6. The van der Waals surface area contributed by atoms with Gasteiger partial charge < -0.3 is 10.5 Å². The molecule has 0 aliphatic carbocycles. The first-order valence-electron chi connectivity index (χ1n) is 6.36. The van der Waals surface area contributed by atoms with Crippen LogP contribution in [0, 0.1) is 5.82 Å². The third kappa shape index (κ3) is 3.95. The summed E-state index contributed by atoms with van der Waals surface area (Å²) in [5.41, 5.74) is 5.46. The maximum absolute atomic E-state index is 13.8. The predicted octanol–water partition coefficient (Wildman–Crippen LogP) is 2.94. The van der Waals surface area contributed by atoms with E-state index in [1.54, 1.807) is 32.9 Å². The summed E-state index contributed by atoms with van der Waals surface area (Å²) in [5.74, 6) is -0.234. The number of rotatable bonds is 2. The molecule has 7 heteroatoms. The van der Waals surface area contributed by atoms with Gasteiger partial charge in [0.25, 0.3) is 0 Å². The fraction of sp³-hybridized carbons (Fsp3) is 0.286. The van der Waals surface area contributed by atoms with E-state index in [9.17, 15) is 9.18 Å². The highest BCUT2D eigenvalue weighted by Gasteiger charge is 2.17. The first kappa shape index (κ1) is 14.8. The topological polar surface area (TPSA) is 82.2 Å². The van der Waals surface area contributed by atoms with E-state index in [1.165, 1.54) is 23.0 Å². The van der Waals surface area contributed by atoms with Crippen LogP contribution < -0.4 is 11.1 Å². The van der Waals surface area contributed by atoms with E-state index in [0.717, 1.165) is 0 Å². The predicted molar refractivity (Wildman–Crippen MR) is 77.8 cm³/mol. The number of benzene rings is 1. The summed E-state index contributed by atoms with van der Waals surface area (Å²) >= 11 is 0. The second kappa shape index (κ2) is 5.43. The second-order valence-electron chi connectivity index (χ2n) is 5.48. The number of hydrogen-bond acceptors (Lipinski definition) is 4. The quantitative estimate of drug-likeness (QED) is 0.834. The molecule has 6 nitrogen and oxygen atoms in total. The van der Waals surface area contributed by atoms with Gasteiger partial charge in [0.05, 0.1) is 0 Å². The van der Waals surface area contributed by atoms with Gasteiger partial charge in [0.15, 0.2) is 11.6 Å². The summed E-state index contributed by atoms with van der Waals surface area (Å²) in [6.45, 7) is 5.28. The fourth-order valence-corrected chi connectivity index (χ4v) is 1.64. The van der Waals surface area contributed by atoms with E-state index in [0.29, 0.717) is 5.69 Å². The summed E-state index contributed by atoms with van der Waals surface area (Å²) in [7, 11) is 0. The number of nitrogen functional groups attached to an aromatic ring is 1. The summed E-state index contributed by atoms with van der Waals surface area (Å²) in [6.07, 6.45) is 0.909. The molecule has 112 valence electrons. The van der Waals surface area contributed by atoms with Gasteiger partial charge >= 0.3 is 6.09 Å². The SMILES string of the molecule is CC(C)(C)OC(=O)Nc1ccn(-c2ccc(N)cc2F)n1. The maximum atomic E-state index is 13.8. The fourth-order valence-electron chi connectivity index (χ4n) is 1.64. The molecule has 0 fully saturated rings. The molecular formula is C14H17FN4O2. The standard InChI is InChI=1S/C14H17FN4O2/c1-14(2,3)21-13(20)17-12-6-7-19(18-12)11-5-4-9(16)8-10(11)15/h4-8H,16H2,1-3H3,(H,17,18,20). The van der Waals surface area contributed by atoms with Crippen molar-refractivity contribution in [3.05, 3.63) is 36.3 Å². The number of carbonyl (C=O) groups excluding carboxylic acids is 1. The zero-order valence-corrected chi connectivity index (χ0v) is 12.1. The number of halogens is 1. The van der Waals surface area contributed by atoms with E-state index in [-0.39, 0.29) is 11.5 Å². The van der Waals surface area contributed by atoms with Crippen molar-refractivity contribution < 1.29 is 13.9 Å². The number of anilines is 2. The molecule has 3 N–H and O–H groups in total. The number of carbonyl (C=O) groups is 1. The van der Waals surface area contributed by atoms with Crippen molar-refractivity contribution in [2.45, 2.75) is 26.4 Å². The summed E-state index contributed by atoms with van der Waals surface area (Å²) in [4.78, 5) is 11.6. The van der Waals surface area contributed by atoms with Crippen LogP contribution in [-0.2, 0) is 4.74 Å². The molecule has 0 unspecified atom stereocenters. The Labute approximate surface area is 121 Å². The number of nitrogens with zero attached hydrogens (tertiary/aromatic N) is 2. The van der Waals surface area contributed by atoms with Crippen molar-refractivity contribution in [2.75, 3.05) is 11.1 Å². The van der Waals surface area contributed by atoms with Crippen LogP contribution in [-0.4, -0.2) is 21.5 Å². The molecule has 0 saturated heterocycles. The first-order valence-corrected chi connectivity index (χ1v) is 6.36. The minimum absolute atomic E-state index is 0.237. The van der Waals surface area contributed by atoms with Crippen LogP contribution >= 0.6 is 0 Å². The monoisotopic (exact) mass is 292 g/mol. The zero-order valence-electron chi connectivity index (χ0n) is 12.1. The van der Waals surface area contributed by atoms with Gasteiger partial charge in [-0.15, -0.1) is 5.10 Å². The highest BCUT2D eigenvalue weighted by Crippen LogP contribution is 2.17. The summed E-state index contributed by atoms with van der Waals surface area (Å²) in [5, 5.41) is 6.54. The lowest BCUT2D eigenvalue weighted by atomic mass is 10.2. The molecule has 1 aromatic carbocycles. The van der Waals surface area contributed by atoms with Gasteiger partial charge in [0, 0.05) is 18.0 Å². The molecule has 2 rings (SSSR count). The van der Waals surface area contributed by atoms with Crippen molar-refractivity contribution in [1.29, 1.82) is 0 Å². The minimum atomic E-state index is -0.620. The third-order valence-corrected chi connectivity index (χ3v) is 2.44. The van der Waals surface area contributed by atoms with E-state index in [2.05, 4.69) is 10.4 Å². The van der Waals surface area contributed by atoms with Crippen molar-refractivity contribution in [3.8, 4) is 5.69 Å². The minimum Gasteiger partial charge on any atom is -0.444 e. The molecule has 1 aromatic heterocycles. The van der Waals surface area contributed by atoms with E-state index < -0.39 is 17.5 Å². The molecule has 2 aromatic rings. The van der Waals surface area contributed by atoms with Crippen molar-refractivity contribution in [2.24, 2.45) is 0 Å². The van der Waals surface area contributed by atoms with Crippen LogP contribution in [0.25, 0.3) is 5.69 Å². The molecule has 0 bridgehead atoms. The van der Waals surface area contributed by atoms with Crippen LogP contribution in [0.15, 0.2) is 30.5 Å². The Kier molecular flexibility index (Phi) is 3.84. The van der Waals surface area contributed by atoms with Crippen molar-refractivity contribution >= 4 is 17.6 Å². The van der Waals surface area contributed by atoms with Crippen LogP contribution in [0.1, 0.15) is 20.8 Å². The van der Waals surface area contributed by atoms with Gasteiger partial charge in [-0.2, -0.15) is 0 Å². The number of hydrogen-bond donors (Lipinski definition) is 2. The summed E-state index contributed by atoms with van der Waals surface area (Å²) in [6, 6.07) is 5.83. The Bertz CT molecular complexity index is 661. The number of nitrogens with two attached hydrogens (primary N) is 1. The Morgan fingerprint density at radius 2 is 2.10 bits per heavy atom. The van der Waals surface area contributed by atoms with Crippen molar-refractivity contribution in [3.63, 3.8) is 0 Å². The number of ether oxygens (including phenoxy) is 1.